The standard InChI is InChI=1S/C18H24FN3O2/c1-14-3-2-8-22(13-14)18(24)17(23)21-11-9-20(10-12-21)16-6-4-15(19)5-7-16/h4-7,14H,2-3,8-13H2,1H3. The maximum Gasteiger partial charge on any atom is 0.312 e. The van der Waals surface area contributed by atoms with Crippen molar-refractivity contribution in [3.05, 3.63) is 30.1 Å². The van der Waals surface area contributed by atoms with Gasteiger partial charge in [-0.05, 0) is 43.0 Å². The van der Waals surface area contributed by atoms with Crippen molar-refractivity contribution in [2.45, 2.75) is 19.8 Å². The molecule has 0 aliphatic carbocycles. The zero-order valence-corrected chi connectivity index (χ0v) is 14.1. The smallest absolute Gasteiger partial charge is 0.312 e. The lowest BCUT2D eigenvalue weighted by molar-refractivity contribution is -0.153. The molecule has 2 saturated heterocycles. The van der Waals surface area contributed by atoms with Crippen molar-refractivity contribution < 1.29 is 14.0 Å². The van der Waals surface area contributed by atoms with Gasteiger partial charge >= 0.3 is 11.8 Å². The Morgan fingerprint density at radius 3 is 2.21 bits per heavy atom. The minimum atomic E-state index is -0.386. The first-order valence-electron chi connectivity index (χ1n) is 8.63. The van der Waals surface area contributed by atoms with Gasteiger partial charge in [0.1, 0.15) is 5.82 Å². The molecule has 1 unspecified atom stereocenters. The lowest BCUT2D eigenvalue weighted by atomic mass is 10.0. The number of carbonyl (C=O) groups excluding carboxylic acids is 2. The number of anilines is 1. The van der Waals surface area contributed by atoms with Gasteiger partial charge in [0, 0.05) is 45.0 Å². The number of benzene rings is 1. The van der Waals surface area contributed by atoms with Crippen LogP contribution in [0, 0.1) is 11.7 Å². The summed E-state index contributed by atoms with van der Waals surface area (Å²) in [6.45, 7) is 5.83. The van der Waals surface area contributed by atoms with E-state index >= 15 is 0 Å². The van der Waals surface area contributed by atoms with Crippen molar-refractivity contribution in [1.82, 2.24) is 9.80 Å². The Morgan fingerprint density at radius 1 is 0.958 bits per heavy atom. The van der Waals surface area contributed by atoms with Gasteiger partial charge in [0.15, 0.2) is 0 Å². The first-order chi connectivity index (χ1) is 11.5. The van der Waals surface area contributed by atoms with Crippen LogP contribution < -0.4 is 4.90 Å². The van der Waals surface area contributed by atoms with Crippen LogP contribution in [-0.4, -0.2) is 60.9 Å². The van der Waals surface area contributed by atoms with E-state index in [1.165, 1.54) is 12.1 Å². The number of hydrogen-bond acceptors (Lipinski definition) is 3. The number of likely N-dealkylation sites (tertiary alicyclic amines) is 1. The van der Waals surface area contributed by atoms with Crippen LogP contribution in [-0.2, 0) is 9.59 Å². The third-order valence-corrected chi connectivity index (χ3v) is 4.89. The third-order valence-electron chi connectivity index (χ3n) is 4.89. The summed E-state index contributed by atoms with van der Waals surface area (Å²) in [6.07, 6.45) is 2.09. The molecule has 0 saturated carbocycles. The molecule has 2 aliphatic heterocycles. The van der Waals surface area contributed by atoms with Crippen molar-refractivity contribution in [2.24, 2.45) is 5.92 Å². The highest BCUT2D eigenvalue weighted by Gasteiger charge is 2.31. The molecule has 1 aromatic carbocycles. The molecule has 6 heteroatoms. The van der Waals surface area contributed by atoms with E-state index < -0.39 is 0 Å². The van der Waals surface area contributed by atoms with Crippen LogP contribution in [0.4, 0.5) is 10.1 Å². The Hall–Kier alpha value is -2.11. The second-order valence-electron chi connectivity index (χ2n) is 6.75. The monoisotopic (exact) mass is 333 g/mol. The largest absolute Gasteiger partial charge is 0.368 e. The van der Waals surface area contributed by atoms with E-state index in [-0.39, 0.29) is 17.6 Å². The highest BCUT2D eigenvalue weighted by molar-refractivity contribution is 6.34. The highest BCUT2D eigenvalue weighted by Crippen LogP contribution is 2.19. The summed E-state index contributed by atoms with van der Waals surface area (Å²) in [5.41, 5.74) is 0.944. The molecule has 0 radical (unpaired) electrons. The summed E-state index contributed by atoms with van der Waals surface area (Å²) in [5, 5.41) is 0. The molecular weight excluding hydrogens is 309 g/mol. The molecule has 2 aliphatic rings. The summed E-state index contributed by atoms with van der Waals surface area (Å²) in [7, 11) is 0. The molecule has 3 rings (SSSR count). The summed E-state index contributed by atoms with van der Waals surface area (Å²) >= 11 is 0. The Bertz CT molecular complexity index is 597. The van der Waals surface area contributed by atoms with Gasteiger partial charge in [-0.25, -0.2) is 4.39 Å². The van der Waals surface area contributed by atoms with Gasteiger partial charge in [-0.1, -0.05) is 6.92 Å². The summed E-state index contributed by atoms with van der Waals surface area (Å²) < 4.78 is 13.0. The molecule has 0 spiro atoms. The van der Waals surface area contributed by atoms with E-state index in [2.05, 4.69) is 11.8 Å². The van der Waals surface area contributed by atoms with Crippen molar-refractivity contribution in [3.8, 4) is 0 Å². The van der Waals surface area contributed by atoms with Crippen LogP contribution in [0.2, 0.25) is 0 Å². The van der Waals surface area contributed by atoms with Crippen molar-refractivity contribution in [3.63, 3.8) is 0 Å². The van der Waals surface area contributed by atoms with Crippen LogP contribution in [0.3, 0.4) is 0 Å². The maximum atomic E-state index is 13.0. The second-order valence-corrected chi connectivity index (χ2v) is 6.75. The molecule has 0 aromatic heterocycles. The molecule has 2 heterocycles. The molecule has 1 atom stereocenters. The van der Waals surface area contributed by atoms with Crippen LogP contribution in [0.25, 0.3) is 0 Å². The Labute approximate surface area is 142 Å². The van der Waals surface area contributed by atoms with Crippen LogP contribution in [0.1, 0.15) is 19.8 Å². The fourth-order valence-corrected chi connectivity index (χ4v) is 3.46. The van der Waals surface area contributed by atoms with Crippen molar-refractivity contribution in [2.75, 3.05) is 44.2 Å². The third kappa shape index (κ3) is 3.68. The Morgan fingerprint density at radius 2 is 1.58 bits per heavy atom. The van der Waals surface area contributed by atoms with Gasteiger partial charge in [-0.3, -0.25) is 9.59 Å². The molecule has 2 fully saturated rings. The predicted molar refractivity (Wildman–Crippen MR) is 90.2 cm³/mol. The Balaban J connectivity index is 1.54. The first-order valence-corrected chi connectivity index (χ1v) is 8.63. The van der Waals surface area contributed by atoms with E-state index in [1.807, 2.05) is 0 Å². The predicted octanol–water partition coefficient (Wildman–Crippen LogP) is 1.73. The van der Waals surface area contributed by atoms with Crippen molar-refractivity contribution >= 4 is 17.5 Å². The van der Waals surface area contributed by atoms with Crippen molar-refractivity contribution in [1.29, 1.82) is 0 Å². The number of piperidine rings is 1. The van der Waals surface area contributed by atoms with Gasteiger partial charge in [0.05, 0.1) is 0 Å². The normalized spacial score (nSPS) is 21.8. The van der Waals surface area contributed by atoms with Crippen LogP contribution >= 0.6 is 0 Å². The highest BCUT2D eigenvalue weighted by atomic mass is 19.1. The lowest BCUT2D eigenvalue weighted by Crippen LogP contribution is -2.54. The molecule has 0 N–H and O–H groups in total. The van der Waals surface area contributed by atoms with E-state index in [0.29, 0.717) is 45.2 Å². The maximum absolute atomic E-state index is 13.0. The topological polar surface area (TPSA) is 43.9 Å². The van der Waals surface area contributed by atoms with Crippen LogP contribution in [0.15, 0.2) is 24.3 Å². The average Bonchev–Trinajstić information content (AvgIpc) is 2.61. The fourth-order valence-electron chi connectivity index (χ4n) is 3.46. The Kier molecular flexibility index (Phi) is 5.02. The van der Waals surface area contributed by atoms with Gasteiger partial charge in [-0.2, -0.15) is 0 Å². The summed E-state index contributed by atoms with van der Waals surface area (Å²) in [4.78, 5) is 30.3. The number of hydrogen-bond donors (Lipinski definition) is 0. The van der Waals surface area contributed by atoms with Gasteiger partial charge in [-0.15, -0.1) is 0 Å². The average molecular weight is 333 g/mol. The SMILES string of the molecule is CC1CCCN(C(=O)C(=O)N2CCN(c3ccc(F)cc3)CC2)C1. The fraction of sp³-hybridized carbons (Fsp3) is 0.556. The number of carbonyl (C=O) groups is 2. The minimum absolute atomic E-state index is 0.256. The minimum Gasteiger partial charge on any atom is -0.368 e. The zero-order chi connectivity index (χ0) is 17.1. The number of amides is 2. The first kappa shape index (κ1) is 16.7. The second kappa shape index (κ2) is 7.20. The zero-order valence-electron chi connectivity index (χ0n) is 14.1. The molecule has 24 heavy (non-hydrogen) atoms. The van der Waals surface area contributed by atoms with E-state index in [1.54, 1.807) is 21.9 Å². The summed E-state index contributed by atoms with van der Waals surface area (Å²) in [5.74, 6) is -0.542. The van der Waals surface area contributed by atoms with E-state index in [9.17, 15) is 14.0 Å². The van der Waals surface area contributed by atoms with E-state index in [4.69, 9.17) is 0 Å². The molecule has 5 nitrogen and oxygen atoms in total. The molecule has 2 amide bonds. The lowest BCUT2D eigenvalue weighted by Gasteiger charge is -2.37. The number of nitrogens with zero attached hydrogens (tertiary/aromatic N) is 3. The van der Waals surface area contributed by atoms with Gasteiger partial charge in [0.25, 0.3) is 0 Å². The van der Waals surface area contributed by atoms with Gasteiger partial charge < -0.3 is 14.7 Å². The van der Waals surface area contributed by atoms with E-state index in [0.717, 1.165) is 18.5 Å². The van der Waals surface area contributed by atoms with Gasteiger partial charge in [0.2, 0.25) is 0 Å². The summed E-state index contributed by atoms with van der Waals surface area (Å²) in [6, 6.07) is 6.36. The number of piperazine rings is 1. The number of halogens is 1. The molecule has 1 aromatic rings. The van der Waals surface area contributed by atoms with Crippen LogP contribution in [0.5, 0.6) is 0 Å². The molecular formula is C18H24FN3O2. The quantitative estimate of drug-likeness (QED) is 0.735. The molecule has 0 bridgehead atoms. The number of rotatable bonds is 1. The molecule has 130 valence electrons.